The number of nitrogens with zero attached hydrogens (tertiary/aromatic N) is 2. The molecular formula is C20H13N3O5. The maximum atomic E-state index is 12.5. The SMILES string of the molecule is O=C(CN1C(=O)c2cccc([N+](=O)[O-])c2C1=O)Nc1ccc2ccccc2c1. The number of benzene rings is 3. The number of fused-ring (bicyclic) bond motifs is 2. The number of anilines is 1. The number of carbonyl (C=O) groups is 3. The van der Waals surface area contributed by atoms with Gasteiger partial charge >= 0.3 is 0 Å². The molecule has 3 aromatic carbocycles. The molecule has 0 unspecified atom stereocenters. The third kappa shape index (κ3) is 2.86. The van der Waals surface area contributed by atoms with Crippen molar-refractivity contribution in [3.05, 3.63) is 81.9 Å². The van der Waals surface area contributed by atoms with Gasteiger partial charge in [-0.25, -0.2) is 0 Å². The summed E-state index contributed by atoms with van der Waals surface area (Å²) in [5.74, 6) is -2.15. The molecule has 28 heavy (non-hydrogen) atoms. The van der Waals surface area contributed by atoms with Gasteiger partial charge in [0.05, 0.1) is 10.5 Å². The van der Waals surface area contributed by atoms with Gasteiger partial charge in [-0.1, -0.05) is 36.4 Å². The van der Waals surface area contributed by atoms with Crippen LogP contribution in [-0.2, 0) is 4.79 Å². The van der Waals surface area contributed by atoms with E-state index in [0.29, 0.717) is 10.6 Å². The second-order valence-electron chi connectivity index (χ2n) is 6.26. The highest BCUT2D eigenvalue weighted by Gasteiger charge is 2.41. The number of carbonyl (C=O) groups excluding carboxylic acids is 3. The molecule has 3 aromatic rings. The summed E-state index contributed by atoms with van der Waals surface area (Å²) in [5, 5.41) is 15.7. The second-order valence-corrected chi connectivity index (χ2v) is 6.26. The van der Waals surface area contributed by atoms with E-state index in [0.717, 1.165) is 16.8 Å². The lowest BCUT2D eigenvalue weighted by molar-refractivity contribution is -0.385. The van der Waals surface area contributed by atoms with Crippen LogP contribution in [-0.4, -0.2) is 34.1 Å². The first-order valence-electron chi connectivity index (χ1n) is 8.38. The van der Waals surface area contributed by atoms with E-state index in [1.165, 1.54) is 12.1 Å². The molecule has 0 saturated heterocycles. The standard InChI is InChI=1S/C20H13N3O5/c24-17(21-14-9-8-12-4-1-2-5-13(12)10-14)11-22-19(25)15-6-3-7-16(23(27)28)18(15)20(22)26/h1-10H,11H2,(H,21,24). The van der Waals surface area contributed by atoms with Crippen LogP contribution in [0.5, 0.6) is 0 Å². The van der Waals surface area contributed by atoms with Crippen molar-refractivity contribution in [3.63, 3.8) is 0 Å². The highest BCUT2D eigenvalue weighted by molar-refractivity contribution is 6.24. The molecule has 0 atom stereocenters. The molecule has 4 rings (SSSR count). The molecular weight excluding hydrogens is 362 g/mol. The minimum atomic E-state index is -0.846. The van der Waals surface area contributed by atoms with Crippen LogP contribution in [0, 0.1) is 10.1 Å². The third-order valence-electron chi connectivity index (χ3n) is 4.51. The first-order valence-corrected chi connectivity index (χ1v) is 8.38. The summed E-state index contributed by atoms with van der Waals surface area (Å²) in [7, 11) is 0. The normalized spacial score (nSPS) is 12.9. The smallest absolute Gasteiger partial charge is 0.282 e. The monoisotopic (exact) mass is 375 g/mol. The zero-order chi connectivity index (χ0) is 19.8. The van der Waals surface area contributed by atoms with Gasteiger partial charge in [0, 0.05) is 11.8 Å². The summed E-state index contributed by atoms with van der Waals surface area (Å²) in [6.45, 7) is -0.531. The molecule has 0 saturated carbocycles. The largest absolute Gasteiger partial charge is 0.325 e. The molecule has 0 spiro atoms. The minimum absolute atomic E-state index is 0.0716. The van der Waals surface area contributed by atoms with Gasteiger partial charge in [0.25, 0.3) is 17.5 Å². The molecule has 138 valence electrons. The van der Waals surface area contributed by atoms with E-state index in [1.807, 2.05) is 30.3 Å². The highest BCUT2D eigenvalue weighted by Crippen LogP contribution is 2.30. The number of nitro benzene ring substituents is 1. The van der Waals surface area contributed by atoms with Crippen LogP contribution in [0.4, 0.5) is 11.4 Å². The van der Waals surface area contributed by atoms with Gasteiger partial charge in [-0.15, -0.1) is 0 Å². The molecule has 0 aromatic heterocycles. The molecule has 8 heteroatoms. The summed E-state index contributed by atoms with van der Waals surface area (Å²) in [6, 6.07) is 16.8. The summed E-state index contributed by atoms with van der Waals surface area (Å²) >= 11 is 0. The average molecular weight is 375 g/mol. The Morgan fingerprint density at radius 2 is 1.71 bits per heavy atom. The van der Waals surface area contributed by atoms with E-state index in [4.69, 9.17) is 0 Å². The van der Waals surface area contributed by atoms with Crippen molar-refractivity contribution < 1.29 is 19.3 Å². The van der Waals surface area contributed by atoms with Crippen molar-refractivity contribution in [1.82, 2.24) is 4.90 Å². The van der Waals surface area contributed by atoms with Gasteiger partial charge in [0.15, 0.2) is 0 Å². The van der Waals surface area contributed by atoms with Crippen molar-refractivity contribution in [2.24, 2.45) is 0 Å². The third-order valence-corrected chi connectivity index (χ3v) is 4.51. The van der Waals surface area contributed by atoms with E-state index < -0.39 is 34.9 Å². The summed E-state index contributed by atoms with van der Waals surface area (Å²) in [4.78, 5) is 48.5. The summed E-state index contributed by atoms with van der Waals surface area (Å²) < 4.78 is 0. The summed E-state index contributed by atoms with van der Waals surface area (Å²) in [5.41, 5.74) is -0.284. The fourth-order valence-electron chi connectivity index (χ4n) is 3.22. The fraction of sp³-hybridized carbons (Fsp3) is 0.0500. The van der Waals surface area contributed by atoms with E-state index >= 15 is 0 Å². The Hall–Kier alpha value is -4.07. The van der Waals surface area contributed by atoms with Gasteiger partial charge < -0.3 is 5.32 Å². The van der Waals surface area contributed by atoms with Crippen LogP contribution in [0.25, 0.3) is 10.8 Å². The molecule has 3 amide bonds. The number of amides is 3. The van der Waals surface area contributed by atoms with E-state index in [-0.39, 0.29) is 11.1 Å². The Kier molecular flexibility index (Phi) is 4.08. The molecule has 1 N–H and O–H groups in total. The Balaban J connectivity index is 1.54. The van der Waals surface area contributed by atoms with Crippen molar-refractivity contribution in [2.45, 2.75) is 0 Å². The van der Waals surface area contributed by atoms with Crippen molar-refractivity contribution in [1.29, 1.82) is 0 Å². The molecule has 1 aliphatic rings. The Bertz CT molecular complexity index is 1170. The molecule has 1 aliphatic heterocycles. The van der Waals surface area contributed by atoms with Crippen molar-refractivity contribution >= 4 is 39.9 Å². The predicted molar refractivity (Wildman–Crippen MR) is 101 cm³/mol. The zero-order valence-corrected chi connectivity index (χ0v) is 14.4. The molecule has 0 radical (unpaired) electrons. The van der Waals surface area contributed by atoms with E-state index in [1.54, 1.807) is 12.1 Å². The number of nitrogens with one attached hydrogen (secondary N) is 1. The van der Waals surface area contributed by atoms with E-state index in [9.17, 15) is 24.5 Å². The Labute approximate surface area is 158 Å². The molecule has 0 fully saturated rings. The van der Waals surface area contributed by atoms with Gasteiger partial charge in [-0.3, -0.25) is 29.4 Å². The average Bonchev–Trinajstić information content (AvgIpc) is 2.92. The maximum Gasteiger partial charge on any atom is 0.282 e. The zero-order valence-electron chi connectivity index (χ0n) is 14.4. The maximum absolute atomic E-state index is 12.5. The molecule has 8 nitrogen and oxygen atoms in total. The first-order chi connectivity index (χ1) is 13.5. The number of rotatable bonds is 4. The van der Waals surface area contributed by atoms with Crippen LogP contribution in [0.1, 0.15) is 20.7 Å². The fourth-order valence-corrected chi connectivity index (χ4v) is 3.22. The second kappa shape index (κ2) is 6.58. The van der Waals surface area contributed by atoms with Crippen LogP contribution in [0.3, 0.4) is 0 Å². The van der Waals surface area contributed by atoms with Gasteiger partial charge in [-0.2, -0.15) is 0 Å². The first kappa shape index (κ1) is 17.3. The Morgan fingerprint density at radius 3 is 2.46 bits per heavy atom. The van der Waals surface area contributed by atoms with Crippen LogP contribution < -0.4 is 5.32 Å². The lowest BCUT2D eigenvalue weighted by atomic mass is 10.1. The van der Waals surface area contributed by atoms with Crippen LogP contribution in [0.2, 0.25) is 0 Å². The Morgan fingerprint density at radius 1 is 0.964 bits per heavy atom. The number of imide groups is 1. The van der Waals surface area contributed by atoms with Gasteiger partial charge in [0.1, 0.15) is 12.1 Å². The number of hydrogen-bond acceptors (Lipinski definition) is 5. The summed E-state index contributed by atoms with van der Waals surface area (Å²) in [6.07, 6.45) is 0. The molecule has 0 bridgehead atoms. The number of nitro groups is 1. The quantitative estimate of drug-likeness (QED) is 0.428. The minimum Gasteiger partial charge on any atom is -0.325 e. The lowest BCUT2D eigenvalue weighted by Crippen LogP contribution is -2.37. The predicted octanol–water partition coefficient (Wildman–Crippen LogP) is 2.98. The highest BCUT2D eigenvalue weighted by atomic mass is 16.6. The molecule has 0 aliphatic carbocycles. The van der Waals surface area contributed by atoms with Crippen LogP contribution >= 0.6 is 0 Å². The number of hydrogen-bond donors (Lipinski definition) is 1. The molecule has 1 heterocycles. The lowest BCUT2D eigenvalue weighted by Gasteiger charge is -2.13. The van der Waals surface area contributed by atoms with Crippen molar-refractivity contribution in [3.8, 4) is 0 Å². The van der Waals surface area contributed by atoms with Crippen molar-refractivity contribution in [2.75, 3.05) is 11.9 Å². The topological polar surface area (TPSA) is 110 Å². The van der Waals surface area contributed by atoms with Gasteiger partial charge in [-0.05, 0) is 29.0 Å². The van der Waals surface area contributed by atoms with E-state index in [2.05, 4.69) is 5.32 Å². The van der Waals surface area contributed by atoms with Crippen LogP contribution in [0.15, 0.2) is 60.7 Å². The van der Waals surface area contributed by atoms with Gasteiger partial charge in [0.2, 0.25) is 5.91 Å².